The number of carbonyl (C=O) groups excluding carboxylic acids is 1. The predicted molar refractivity (Wildman–Crippen MR) is 132 cm³/mol. The summed E-state index contributed by atoms with van der Waals surface area (Å²) < 4.78 is 17.1. The summed E-state index contributed by atoms with van der Waals surface area (Å²) >= 11 is 3.47. The van der Waals surface area contributed by atoms with Crippen LogP contribution in [0.25, 0.3) is 11.4 Å². The van der Waals surface area contributed by atoms with Gasteiger partial charge in [-0.1, -0.05) is 39.3 Å². The van der Waals surface area contributed by atoms with Crippen molar-refractivity contribution < 1.29 is 18.8 Å². The van der Waals surface area contributed by atoms with Crippen LogP contribution in [0.5, 0.6) is 11.5 Å². The number of carbonyl (C=O) groups is 1. The summed E-state index contributed by atoms with van der Waals surface area (Å²) in [5.74, 6) is 2.55. The number of benzene rings is 2. The number of likely N-dealkylation sites (tertiary alicyclic amines) is 1. The number of aromatic nitrogens is 2. The third-order valence-electron chi connectivity index (χ3n) is 6.13. The molecule has 1 aliphatic rings. The maximum absolute atomic E-state index is 12.9. The standard InChI is InChI=1S/C25H29BrN4O4/c1-16(18-7-8-21(32-2)22(14-18)33-3)27-25(31)17-9-11-30(12-10-17)15-23-28-24(29-34-23)19-5-4-6-20(26)13-19/h4-8,13-14,16-17H,9-12,15H2,1-3H3,(H,27,31). The molecule has 2 heterocycles. The van der Waals surface area contributed by atoms with Crippen LogP contribution in [0.15, 0.2) is 51.5 Å². The van der Waals surface area contributed by atoms with Gasteiger partial charge in [0.25, 0.3) is 0 Å². The summed E-state index contributed by atoms with van der Waals surface area (Å²) in [6.45, 7) is 4.17. The smallest absolute Gasteiger partial charge is 0.241 e. The summed E-state index contributed by atoms with van der Waals surface area (Å²) in [6, 6.07) is 13.4. The molecule has 9 heteroatoms. The third-order valence-corrected chi connectivity index (χ3v) is 6.63. The molecule has 4 rings (SSSR count). The maximum Gasteiger partial charge on any atom is 0.241 e. The van der Waals surface area contributed by atoms with Crippen molar-refractivity contribution in [3.8, 4) is 22.9 Å². The monoisotopic (exact) mass is 528 g/mol. The number of piperidine rings is 1. The third kappa shape index (κ3) is 5.77. The van der Waals surface area contributed by atoms with Gasteiger partial charge in [-0.2, -0.15) is 4.98 Å². The van der Waals surface area contributed by atoms with Crippen LogP contribution in [0, 0.1) is 5.92 Å². The minimum Gasteiger partial charge on any atom is -0.493 e. The summed E-state index contributed by atoms with van der Waals surface area (Å²) in [7, 11) is 3.21. The average molecular weight is 529 g/mol. The highest BCUT2D eigenvalue weighted by atomic mass is 79.9. The molecule has 0 radical (unpaired) electrons. The Bertz CT molecular complexity index is 1130. The molecule has 0 saturated carbocycles. The lowest BCUT2D eigenvalue weighted by molar-refractivity contribution is -0.127. The van der Waals surface area contributed by atoms with Gasteiger partial charge in [-0.05, 0) is 62.7 Å². The molecule has 1 saturated heterocycles. The van der Waals surface area contributed by atoms with E-state index in [1.807, 2.05) is 49.4 Å². The number of amides is 1. The fourth-order valence-corrected chi connectivity index (χ4v) is 4.54. The van der Waals surface area contributed by atoms with Gasteiger partial charge >= 0.3 is 0 Å². The van der Waals surface area contributed by atoms with Crippen molar-refractivity contribution in [1.82, 2.24) is 20.4 Å². The summed E-state index contributed by atoms with van der Waals surface area (Å²) in [6.07, 6.45) is 1.58. The van der Waals surface area contributed by atoms with Crippen molar-refractivity contribution >= 4 is 21.8 Å². The van der Waals surface area contributed by atoms with Crippen molar-refractivity contribution in [3.63, 3.8) is 0 Å². The van der Waals surface area contributed by atoms with E-state index in [1.54, 1.807) is 14.2 Å². The molecule has 3 aromatic rings. The number of hydrogen-bond acceptors (Lipinski definition) is 7. The van der Waals surface area contributed by atoms with E-state index >= 15 is 0 Å². The number of methoxy groups -OCH3 is 2. The fourth-order valence-electron chi connectivity index (χ4n) is 4.15. The van der Waals surface area contributed by atoms with E-state index in [4.69, 9.17) is 14.0 Å². The van der Waals surface area contributed by atoms with Crippen LogP contribution in [0.4, 0.5) is 0 Å². The van der Waals surface area contributed by atoms with E-state index in [9.17, 15) is 4.79 Å². The highest BCUT2D eigenvalue weighted by Gasteiger charge is 2.27. The predicted octanol–water partition coefficient (Wildman–Crippen LogP) is 4.61. The lowest BCUT2D eigenvalue weighted by Gasteiger charge is -2.31. The zero-order valence-corrected chi connectivity index (χ0v) is 21.2. The molecule has 1 aliphatic heterocycles. The van der Waals surface area contributed by atoms with Crippen molar-refractivity contribution in [1.29, 1.82) is 0 Å². The minimum atomic E-state index is -0.125. The molecular weight excluding hydrogens is 500 g/mol. The van der Waals surface area contributed by atoms with E-state index in [1.165, 1.54) is 0 Å². The molecule has 1 N–H and O–H groups in total. The van der Waals surface area contributed by atoms with E-state index in [0.29, 0.717) is 29.8 Å². The van der Waals surface area contributed by atoms with Crippen LogP contribution in [0.3, 0.4) is 0 Å². The molecule has 1 amide bonds. The molecule has 2 aromatic carbocycles. The quantitative estimate of drug-likeness (QED) is 0.456. The van der Waals surface area contributed by atoms with Gasteiger partial charge in [0.2, 0.25) is 17.6 Å². The summed E-state index contributed by atoms with van der Waals surface area (Å²) in [5, 5.41) is 7.25. The highest BCUT2D eigenvalue weighted by Crippen LogP contribution is 2.30. The second-order valence-electron chi connectivity index (χ2n) is 8.42. The van der Waals surface area contributed by atoms with Gasteiger partial charge in [-0.25, -0.2) is 0 Å². The maximum atomic E-state index is 12.9. The first-order chi connectivity index (χ1) is 16.5. The van der Waals surface area contributed by atoms with E-state index in [0.717, 1.165) is 41.5 Å². The second kappa shape index (κ2) is 11.0. The van der Waals surface area contributed by atoms with Crippen LogP contribution in [-0.2, 0) is 11.3 Å². The number of halogens is 1. The molecule has 1 atom stereocenters. The molecular formula is C25H29BrN4O4. The molecule has 1 fully saturated rings. The second-order valence-corrected chi connectivity index (χ2v) is 9.33. The summed E-state index contributed by atoms with van der Waals surface area (Å²) in [4.78, 5) is 19.7. The number of rotatable bonds is 8. The van der Waals surface area contributed by atoms with E-state index in [-0.39, 0.29) is 17.9 Å². The summed E-state index contributed by atoms with van der Waals surface area (Å²) in [5.41, 5.74) is 1.88. The van der Waals surface area contributed by atoms with Crippen molar-refractivity contribution in [2.24, 2.45) is 5.92 Å². The van der Waals surface area contributed by atoms with E-state index in [2.05, 4.69) is 36.3 Å². The van der Waals surface area contributed by atoms with Crippen LogP contribution in [0.1, 0.15) is 37.3 Å². The molecule has 0 bridgehead atoms. The Morgan fingerprint density at radius 2 is 1.94 bits per heavy atom. The van der Waals surface area contributed by atoms with Gasteiger partial charge in [-0.3, -0.25) is 9.69 Å². The Kier molecular flexibility index (Phi) is 7.84. The van der Waals surface area contributed by atoms with Gasteiger partial charge < -0.3 is 19.3 Å². The first kappa shape index (κ1) is 24.2. The van der Waals surface area contributed by atoms with Gasteiger partial charge in [0, 0.05) is 16.0 Å². The Balaban J connectivity index is 1.28. The lowest BCUT2D eigenvalue weighted by atomic mass is 9.95. The van der Waals surface area contributed by atoms with Gasteiger partial charge in [0.05, 0.1) is 26.8 Å². The highest BCUT2D eigenvalue weighted by molar-refractivity contribution is 9.10. The van der Waals surface area contributed by atoms with Crippen LogP contribution in [0.2, 0.25) is 0 Å². The fraction of sp³-hybridized carbons (Fsp3) is 0.400. The first-order valence-corrected chi connectivity index (χ1v) is 12.1. The Morgan fingerprint density at radius 1 is 1.18 bits per heavy atom. The molecule has 8 nitrogen and oxygen atoms in total. The van der Waals surface area contributed by atoms with Crippen LogP contribution < -0.4 is 14.8 Å². The molecule has 34 heavy (non-hydrogen) atoms. The van der Waals surface area contributed by atoms with Crippen molar-refractivity contribution in [2.75, 3.05) is 27.3 Å². The molecule has 180 valence electrons. The normalized spacial score (nSPS) is 15.6. The first-order valence-electron chi connectivity index (χ1n) is 11.3. The topological polar surface area (TPSA) is 89.7 Å². The SMILES string of the molecule is COc1ccc(C(C)NC(=O)C2CCN(Cc3nc(-c4cccc(Br)c4)no3)CC2)cc1OC. The lowest BCUT2D eigenvalue weighted by Crippen LogP contribution is -2.40. The molecule has 1 unspecified atom stereocenters. The zero-order chi connectivity index (χ0) is 24.1. The molecule has 0 aliphatic carbocycles. The van der Waals surface area contributed by atoms with Crippen molar-refractivity contribution in [3.05, 3.63) is 58.4 Å². The molecule has 1 aromatic heterocycles. The average Bonchev–Trinajstić information content (AvgIpc) is 3.32. The van der Waals surface area contributed by atoms with E-state index < -0.39 is 0 Å². The minimum absolute atomic E-state index is 0.0150. The number of nitrogens with zero attached hydrogens (tertiary/aromatic N) is 3. The number of hydrogen-bond donors (Lipinski definition) is 1. The number of ether oxygens (including phenoxy) is 2. The van der Waals surface area contributed by atoms with Crippen molar-refractivity contribution in [2.45, 2.75) is 32.4 Å². The van der Waals surface area contributed by atoms with Gasteiger partial charge in [-0.15, -0.1) is 0 Å². The van der Waals surface area contributed by atoms with Gasteiger partial charge in [0.15, 0.2) is 11.5 Å². The Labute approximate surface area is 207 Å². The zero-order valence-electron chi connectivity index (χ0n) is 19.6. The van der Waals surface area contributed by atoms with Crippen LogP contribution in [-0.4, -0.2) is 48.3 Å². The van der Waals surface area contributed by atoms with Crippen LogP contribution >= 0.6 is 15.9 Å². The number of nitrogens with one attached hydrogen (secondary N) is 1. The molecule has 0 spiro atoms. The van der Waals surface area contributed by atoms with Gasteiger partial charge in [0.1, 0.15) is 0 Å². The largest absolute Gasteiger partial charge is 0.493 e. The Morgan fingerprint density at radius 3 is 2.65 bits per heavy atom. The Hall–Kier alpha value is -2.91.